The van der Waals surface area contributed by atoms with Crippen molar-refractivity contribution in [3.63, 3.8) is 0 Å². The van der Waals surface area contributed by atoms with E-state index in [-0.39, 0.29) is 12.0 Å². The summed E-state index contributed by atoms with van der Waals surface area (Å²) in [5.41, 5.74) is 0.623. The third-order valence-electron chi connectivity index (χ3n) is 4.12. The van der Waals surface area contributed by atoms with Crippen molar-refractivity contribution in [2.45, 2.75) is 69.8 Å². The van der Waals surface area contributed by atoms with Crippen molar-refractivity contribution < 1.29 is 23.8 Å². The molecular formula is C18H25NO5S2. The van der Waals surface area contributed by atoms with Gasteiger partial charge in [0.2, 0.25) is 0 Å². The molecule has 2 heterocycles. The number of pyridine rings is 1. The molecular weight excluding hydrogens is 374 g/mol. The van der Waals surface area contributed by atoms with Crippen LogP contribution in [0.3, 0.4) is 0 Å². The maximum Gasteiger partial charge on any atom is 0.303 e. The van der Waals surface area contributed by atoms with Crippen molar-refractivity contribution in [3.8, 4) is 0 Å². The van der Waals surface area contributed by atoms with Crippen LogP contribution in [0.4, 0.5) is 0 Å². The monoisotopic (exact) mass is 399 g/mol. The first-order valence-electron chi connectivity index (χ1n) is 8.57. The van der Waals surface area contributed by atoms with Gasteiger partial charge in [0, 0.05) is 26.0 Å². The molecule has 1 aliphatic heterocycles. The van der Waals surface area contributed by atoms with Gasteiger partial charge in [-0.1, -0.05) is 30.7 Å². The Bertz CT molecular complexity index is 625. The number of hydrogen-bond donors (Lipinski definition) is 0. The molecule has 1 aliphatic rings. The second kappa shape index (κ2) is 9.62. The quantitative estimate of drug-likeness (QED) is 0.529. The average Bonchev–Trinajstić information content (AvgIpc) is 2.58. The van der Waals surface area contributed by atoms with Gasteiger partial charge in [0.15, 0.2) is 11.5 Å². The van der Waals surface area contributed by atoms with E-state index in [1.54, 1.807) is 6.20 Å². The summed E-state index contributed by atoms with van der Waals surface area (Å²) in [6.45, 7) is 8.66. The Kier molecular flexibility index (Phi) is 7.79. The number of carbonyl (C=O) groups is 2. The third-order valence-corrected chi connectivity index (χ3v) is 6.57. The van der Waals surface area contributed by atoms with E-state index in [0.717, 1.165) is 17.0 Å². The van der Waals surface area contributed by atoms with Crippen LogP contribution in [0.25, 0.3) is 0 Å². The van der Waals surface area contributed by atoms with E-state index in [1.807, 2.05) is 32.9 Å². The Labute approximate surface area is 162 Å². The molecule has 6 nitrogen and oxygen atoms in total. The zero-order chi connectivity index (χ0) is 19.3. The van der Waals surface area contributed by atoms with E-state index in [9.17, 15) is 9.59 Å². The van der Waals surface area contributed by atoms with Crippen LogP contribution in [0, 0.1) is 12.8 Å². The highest BCUT2D eigenvalue weighted by atomic mass is 33.1. The van der Waals surface area contributed by atoms with Gasteiger partial charge in [-0.05, 0) is 35.8 Å². The first-order chi connectivity index (χ1) is 12.3. The number of carbonyl (C=O) groups excluding carboxylic acids is 2. The van der Waals surface area contributed by atoms with Gasteiger partial charge in [-0.25, -0.2) is 4.98 Å². The highest BCUT2D eigenvalue weighted by Gasteiger charge is 2.47. The lowest BCUT2D eigenvalue weighted by Gasteiger charge is -2.43. The predicted molar refractivity (Wildman–Crippen MR) is 102 cm³/mol. The molecule has 0 aromatic carbocycles. The molecule has 144 valence electrons. The standard InChI is InChI=1S/C18H25NO5S2/c1-6-14-11(3)16(22-12(4)20)17(23-13(5)21)18(24-14)26-25-15-8-7-10(2)9-19-15/h7-9,11,14,16-18H,6H2,1-5H3/t11-,14-,16+,17-,18+/m1/s1. The van der Waals surface area contributed by atoms with Crippen molar-refractivity contribution in [2.24, 2.45) is 5.92 Å². The Hall–Kier alpha value is -1.25. The Morgan fingerprint density at radius 1 is 1.19 bits per heavy atom. The summed E-state index contributed by atoms with van der Waals surface area (Å²) < 4.78 is 17.2. The van der Waals surface area contributed by atoms with Gasteiger partial charge in [0.05, 0.1) is 6.10 Å². The molecule has 8 heteroatoms. The van der Waals surface area contributed by atoms with Gasteiger partial charge < -0.3 is 14.2 Å². The summed E-state index contributed by atoms with van der Waals surface area (Å²) in [5, 5.41) is 0.835. The van der Waals surface area contributed by atoms with Crippen molar-refractivity contribution in [2.75, 3.05) is 0 Å². The summed E-state index contributed by atoms with van der Waals surface area (Å²) in [6, 6.07) is 3.92. The topological polar surface area (TPSA) is 74.7 Å². The van der Waals surface area contributed by atoms with Crippen LogP contribution < -0.4 is 0 Å². The minimum Gasteiger partial charge on any atom is -0.458 e. The molecule has 2 rings (SSSR count). The first-order valence-corrected chi connectivity index (χ1v) is 10.8. The highest BCUT2D eigenvalue weighted by Crippen LogP contribution is 2.42. The van der Waals surface area contributed by atoms with Gasteiger partial charge in [-0.3, -0.25) is 9.59 Å². The van der Waals surface area contributed by atoms with Crippen molar-refractivity contribution in [1.29, 1.82) is 0 Å². The van der Waals surface area contributed by atoms with Crippen molar-refractivity contribution in [3.05, 3.63) is 23.9 Å². The zero-order valence-electron chi connectivity index (χ0n) is 15.6. The summed E-state index contributed by atoms with van der Waals surface area (Å²) in [7, 11) is 2.87. The molecule has 1 aromatic rings. The van der Waals surface area contributed by atoms with Gasteiger partial charge in [-0.15, -0.1) is 0 Å². The third kappa shape index (κ3) is 5.62. The summed E-state index contributed by atoms with van der Waals surface area (Å²) in [5.74, 6) is -0.901. The highest BCUT2D eigenvalue weighted by molar-refractivity contribution is 8.76. The van der Waals surface area contributed by atoms with Gasteiger partial charge in [-0.2, -0.15) is 0 Å². The van der Waals surface area contributed by atoms with Crippen LogP contribution in [-0.4, -0.2) is 40.7 Å². The lowest BCUT2D eigenvalue weighted by molar-refractivity contribution is -0.206. The van der Waals surface area contributed by atoms with Crippen molar-refractivity contribution >= 4 is 33.5 Å². The fourth-order valence-electron chi connectivity index (χ4n) is 2.87. The SMILES string of the molecule is CC[C@H]1O[C@@H](SSc2ccc(C)cn2)[C@H](OC(C)=O)[C@@H](OC(C)=O)[C@@H]1C. The van der Waals surface area contributed by atoms with Gasteiger partial charge in [0.1, 0.15) is 11.1 Å². The Morgan fingerprint density at radius 2 is 1.85 bits per heavy atom. The fraction of sp³-hybridized carbons (Fsp3) is 0.611. The van der Waals surface area contributed by atoms with Crippen LogP contribution in [0.1, 0.15) is 39.7 Å². The molecule has 0 amide bonds. The summed E-state index contributed by atoms with van der Waals surface area (Å²) in [6.07, 6.45) is 1.27. The van der Waals surface area contributed by atoms with Crippen LogP contribution in [0.15, 0.2) is 23.4 Å². The number of esters is 2. The number of aryl methyl sites for hydroxylation is 1. The lowest BCUT2D eigenvalue weighted by Crippen LogP contribution is -2.55. The smallest absolute Gasteiger partial charge is 0.303 e. The van der Waals surface area contributed by atoms with E-state index < -0.39 is 29.6 Å². The molecule has 5 atom stereocenters. The lowest BCUT2D eigenvalue weighted by atomic mass is 9.89. The van der Waals surface area contributed by atoms with Crippen molar-refractivity contribution in [1.82, 2.24) is 4.98 Å². The molecule has 0 aliphatic carbocycles. The minimum atomic E-state index is -0.669. The molecule has 0 radical (unpaired) electrons. The maximum absolute atomic E-state index is 11.6. The van der Waals surface area contributed by atoms with E-state index in [4.69, 9.17) is 14.2 Å². The van der Waals surface area contributed by atoms with Crippen LogP contribution in [0.5, 0.6) is 0 Å². The number of aromatic nitrogens is 1. The van der Waals surface area contributed by atoms with Gasteiger partial charge in [0.25, 0.3) is 0 Å². The molecule has 1 aromatic heterocycles. The van der Waals surface area contributed by atoms with E-state index in [1.165, 1.54) is 35.4 Å². The molecule has 1 fully saturated rings. The second-order valence-corrected chi connectivity index (χ2v) is 8.63. The number of nitrogens with zero attached hydrogens (tertiary/aromatic N) is 1. The fourth-order valence-corrected chi connectivity index (χ4v) is 5.13. The molecule has 1 saturated heterocycles. The molecule has 26 heavy (non-hydrogen) atoms. The van der Waals surface area contributed by atoms with E-state index >= 15 is 0 Å². The van der Waals surface area contributed by atoms with E-state index in [0.29, 0.717) is 0 Å². The zero-order valence-corrected chi connectivity index (χ0v) is 17.3. The van der Waals surface area contributed by atoms with Crippen LogP contribution >= 0.6 is 21.6 Å². The normalized spacial score (nSPS) is 28.4. The number of ether oxygens (including phenoxy) is 3. The number of hydrogen-bond acceptors (Lipinski definition) is 8. The summed E-state index contributed by atoms with van der Waals surface area (Å²) in [4.78, 5) is 27.6. The average molecular weight is 400 g/mol. The Morgan fingerprint density at radius 3 is 2.38 bits per heavy atom. The number of rotatable bonds is 6. The molecule has 0 saturated carbocycles. The largest absolute Gasteiger partial charge is 0.458 e. The molecule has 0 spiro atoms. The second-order valence-electron chi connectivity index (χ2n) is 6.31. The van der Waals surface area contributed by atoms with Crippen LogP contribution in [-0.2, 0) is 23.8 Å². The molecule has 0 N–H and O–H groups in total. The van der Waals surface area contributed by atoms with Crippen LogP contribution in [0.2, 0.25) is 0 Å². The predicted octanol–water partition coefficient (Wildman–Crippen LogP) is 3.76. The minimum absolute atomic E-state index is 0.0763. The molecule has 0 bridgehead atoms. The summed E-state index contributed by atoms with van der Waals surface area (Å²) >= 11 is 0. The van der Waals surface area contributed by atoms with E-state index in [2.05, 4.69) is 4.98 Å². The first kappa shape index (κ1) is 21.1. The molecule has 0 unspecified atom stereocenters. The Balaban J connectivity index is 2.18. The van der Waals surface area contributed by atoms with Gasteiger partial charge >= 0.3 is 11.9 Å². The maximum atomic E-state index is 11.6.